The van der Waals surface area contributed by atoms with Crippen molar-refractivity contribution in [2.75, 3.05) is 6.54 Å². The van der Waals surface area contributed by atoms with Gasteiger partial charge in [-0.2, -0.15) is 13.2 Å². The SMILES string of the molecule is CC1(C)SSC(C)(C)[C@@H](NC(=O)[C@@H](N)Cc2ccc(O)cc2)C(=O)NCC(=O)N[C@@H](Cc2ccccc2)C(=O)NC1C(=O)O.O=C(O)C(F)(F)F. The van der Waals surface area contributed by atoms with Crippen molar-refractivity contribution >= 4 is 57.2 Å². The maximum Gasteiger partial charge on any atom is 0.490 e. The summed E-state index contributed by atoms with van der Waals surface area (Å²) in [5.41, 5.74) is 7.61. The van der Waals surface area contributed by atoms with Crippen LogP contribution in [-0.4, -0.2) is 97.3 Å². The van der Waals surface area contributed by atoms with Crippen molar-refractivity contribution in [3.63, 3.8) is 0 Å². The van der Waals surface area contributed by atoms with Crippen molar-refractivity contribution in [3.05, 3.63) is 65.7 Å². The first-order valence-electron chi connectivity index (χ1n) is 15.2. The zero-order valence-electron chi connectivity index (χ0n) is 27.9. The molecule has 19 heteroatoms. The number of rotatable bonds is 7. The number of nitrogens with one attached hydrogen (secondary N) is 4. The van der Waals surface area contributed by atoms with Crippen LogP contribution in [0.4, 0.5) is 13.2 Å². The van der Waals surface area contributed by atoms with E-state index in [4.69, 9.17) is 15.6 Å². The van der Waals surface area contributed by atoms with Crippen LogP contribution in [0.3, 0.4) is 0 Å². The summed E-state index contributed by atoms with van der Waals surface area (Å²) in [6.45, 7) is 6.21. The van der Waals surface area contributed by atoms with E-state index in [-0.39, 0.29) is 18.6 Å². The van der Waals surface area contributed by atoms with E-state index in [9.17, 15) is 47.4 Å². The summed E-state index contributed by atoms with van der Waals surface area (Å²) >= 11 is 0. The van der Waals surface area contributed by atoms with Gasteiger partial charge < -0.3 is 42.3 Å². The normalized spacial score (nSPS) is 21.6. The number of hydrogen-bond donors (Lipinski definition) is 8. The first kappa shape index (κ1) is 42.7. The van der Waals surface area contributed by atoms with Gasteiger partial charge in [-0.3, -0.25) is 19.2 Å². The molecule has 280 valence electrons. The van der Waals surface area contributed by atoms with E-state index >= 15 is 0 Å². The number of phenols is 1. The van der Waals surface area contributed by atoms with Crippen molar-refractivity contribution in [1.82, 2.24) is 21.3 Å². The van der Waals surface area contributed by atoms with Gasteiger partial charge in [-0.05, 0) is 57.4 Å². The third-order valence-electron chi connectivity index (χ3n) is 7.27. The van der Waals surface area contributed by atoms with Crippen LogP contribution in [0.15, 0.2) is 54.6 Å². The van der Waals surface area contributed by atoms with E-state index in [0.29, 0.717) is 5.56 Å². The van der Waals surface area contributed by atoms with Gasteiger partial charge in [0.1, 0.15) is 23.9 Å². The fourth-order valence-electron chi connectivity index (χ4n) is 4.44. The Balaban J connectivity index is 0.00000116. The zero-order chi connectivity index (χ0) is 38.7. The maximum atomic E-state index is 13.5. The first-order chi connectivity index (χ1) is 23.5. The van der Waals surface area contributed by atoms with Crippen molar-refractivity contribution in [2.45, 2.75) is 80.4 Å². The lowest BCUT2D eigenvalue weighted by Gasteiger charge is -2.38. The molecule has 0 aromatic heterocycles. The molecule has 1 unspecified atom stereocenters. The molecule has 1 saturated heterocycles. The third kappa shape index (κ3) is 13.6. The minimum Gasteiger partial charge on any atom is -0.508 e. The van der Waals surface area contributed by atoms with Crippen LogP contribution in [0, 0.1) is 0 Å². The zero-order valence-corrected chi connectivity index (χ0v) is 29.6. The number of aromatic hydroxyl groups is 1. The molecule has 0 saturated carbocycles. The largest absolute Gasteiger partial charge is 0.508 e. The lowest BCUT2D eigenvalue weighted by molar-refractivity contribution is -0.192. The topological polar surface area (TPSA) is 237 Å². The Morgan fingerprint density at radius 1 is 0.902 bits per heavy atom. The second-order valence-electron chi connectivity index (χ2n) is 12.4. The average molecular weight is 760 g/mol. The number of carboxylic acid groups (broad SMARTS) is 2. The molecule has 4 amide bonds. The van der Waals surface area contributed by atoms with E-state index in [1.54, 1.807) is 70.2 Å². The van der Waals surface area contributed by atoms with E-state index in [2.05, 4.69) is 21.3 Å². The van der Waals surface area contributed by atoms with Crippen molar-refractivity contribution < 1.29 is 57.3 Å². The summed E-state index contributed by atoms with van der Waals surface area (Å²) in [7, 11) is 2.32. The van der Waals surface area contributed by atoms with Crippen LogP contribution in [0.25, 0.3) is 0 Å². The molecular formula is C32H40F3N5O9S2. The molecule has 2 aromatic rings. The summed E-state index contributed by atoms with van der Waals surface area (Å²) in [4.78, 5) is 74.3. The molecule has 0 bridgehead atoms. The Hall–Kier alpha value is -4.49. The van der Waals surface area contributed by atoms with E-state index in [1.807, 2.05) is 0 Å². The molecule has 1 aliphatic heterocycles. The van der Waals surface area contributed by atoms with Crippen LogP contribution in [0.2, 0.25) is 0 Å². The predicted molar refractivity (Wildman–Crippen MR) is 183 cm³/mol. The highest BCUT2D eigenvalue weighted by atomic mass is 33.1. The molecule has 0 radical (unpaired) electrons. The summed E-state index contributed by atoms with van der Waals surface area (Å²) in [6.07, 6.45) is -4.85. The summed E-state index contributed by atoms with van der Waals surface area (Å²) in [5, 5.41) is 37.2. The number of benzene rings is 2. The molecule has 1 heterocycles. The van der Waals surface area contributed by atoms with Crippen LogP contribution in [-0.2, 0) is 41.6 Å². The fraction of sp³-hybridized carbons (Fsp3) is 0.438. The number of phenolic OH excluding ortho intramolecular Hbond substituents is 1. The number of nitrogens with two attached hydrogens (primary N) is 1. The van der Waals surface area contributed by atoms with Crippen molar-refractivity contribution in [3.8, 4) is 5.75 Å². The molecule has 0 spiro atoms. The smallest absolute Gasteiger partial charge is 0.490 e. The molecule has 2 aromatic carbocycles. The highest BCUT2D eigenvalue weighted by molar-refractivity contribution is 8.77. The van der Waals surface area contributed by atoms with E-state index in [1.165, 1.54) is 22.9 Å². The molecule has 14 nitrogen and oxygen atoms in total. The third-order valence-corrected chi connectivity index (χ3v) is 11.5. The van der Waals surface area contributed by atoms with E-state index < -0.39 is 81.9 Å². The van der Waals surface area contributed by atoms with Gasteiger partial charge in [-0.1, -0.05) is 64.1 Å². The monoisotopic (exact) mass is 759 g/mol. The molecule has 4 atom stereocenters. The second-order valence-corrected chi connectivity index (χ2v) is 15.8. The average Bonchev–Trinajstić information content (AvgIpc) is 3.04. The van der Waals surface area contributed by atoms with Crippen molar-refractivity contribution in [2.24, 2.45) is 5.73 Å². The van der Waals surface area contributed by atoms with Gasteiger partial charge in [0.2, 0.25) is 23.6 Å². The minimum absolute atomic E-state index is 0.0718. The predicted octanol–water partition coefficient (Wildman–Crippen LogP) is 1.75. The highest BCUT2D eigenvalue weighted by Gasteiger charge is 2.44. The standard InChI is InChI=1S/C30H39N5O7S2.C2HF3O2/c1-29(2)23(34-25(38)20(31)14-18-10-12-19(36)13-11-18)27(40)32-16-22(37)33-21(15-17-8-6-5-7-9-17)26(39)35-24(28(41)42)30(3,4)44-43-29;3-2(4,5)1(6)7/h5-13,20-21,23-24,36H,14-16,31H2,1-4H3,(H,32,40)(H,33,37)(H,34,38)(H,35,39)(H,41,42);(H,6,7)/t20-,21-,23-,24?;/m0./s1. The molecule has 0 aliphatic carbocycles. The Bertz CT molecular complexity index is 1560. The maximum absolute atomic E-state index is 13.5. The van der Waals surface area contributed by atoms with E-state index in [0.717, 1.165) is 16.4 Å². The molecule has 1 aliphatic rings. The quantitative estimate of drug-likeness (QED) is 0.189. The van der Waals surface area contributed by atoms with Gasteiger partial charge >= 0.3 is 18.1 Å². The number of alkyl halides is 3. The molecule has 51 heavy (non-hydrogen) atoms. The summed E-state index contributed by atoms with van der Waals surface area (Å²) in [6, 6.07) is 10.5. The molecule has 3 rings (SSSR count). The van der Waals surface area contributed by atoms with Gasteiger partial charge in [0.25, 0.3) is 0 Å². The molecular weight excluding hydrogens is 720 g/mol. The lowest BCUT2D eigenvalue weighted by Crippen LogP contribution is -2.61. The summed E-state index contributed by atoms with van der Waals surface area (Å²) in [5.74, 6) is -6.57. The van der Waals surface area contributed by atoms with Gasteiger partial charge in [0, 0.05) is 11.2 Å². The molecule has 9 N–H and O–H groups in total. The number of carbonyl (C=O) groups excluding carboxylic acids is 4. The Morgan fingerprint density at radius 3 is 1.98 bits per heavy atom. The van der Waals surface area contributed by atoms with Crippen LogP contribution in [0.1, 0.15) is 38.8 Å². The van der Waals surface area contributed by atoms with Crippen LogP contribution >= 0.6 is 21.6 Å². The second kappa shape index (κ2) is 18.1. The number of amides is 4. The highest BCUT2D eigenvalue weighted by Crippen LogP contribution is 2.46. The first-order valence-corrected chi connectivity index (χ1v) is 17.3. The Morgan fingerprint density at radius 2 is 1.45 bits per heavy atom. The molecule has 1 fully saturated rings. The van der Waals surface area contributed by atoms with Gasteiger partial charge in [0.15, 0.2) is 0 Å². The number of carbonyl (C=O) groups is 6. The lowest BCUT2D eigenvalue weighted by atomic mass is 10.00. The van der Waals surface area contributed by atoms with Crippen LogP contribution in [0.5, 0.6) is 5.75 Å². The number of aliphatic carboxylic acids is 2. The number of carboxylic acids is 2. The van der Waals surface area contributed by atoms with Gasteiger partial charge in [0.05, 0.1) is 17.3 Å². The van der Waals surface area contributed by atoms with Crippen molar-refractivity contribution in [1.29, 1.82) is 0 Å². The minimum atomic E-state index is -5.08. The Kier molecular flexibility index (Phi) is 15.2. The van der Waals surface area contributed by atoms with Crippen LogP contribution < -0.4 is 27.0 Å². The van der Waals surface area contributed by atoms with Gasteiger partial charge in [-0.25, -0.2) is 9.59 Å². The fourth-order valence-corrected chi connectivity index (χ4v) is 7.26. The van der Waals surface area contributed by atoms with Gasteiger partial charge in [-0.15, -0.1) is 0 Å². The number of halogens is 3. The Labute approximate surface area is 299 Å². The number of hydrogen-bond acceptors (Lipinski definition) is 10. The summed E-state index contributed by atoms with van der Waals surface area (Å²) < 4.78 is 29.6.